The van der Waals surface area contributed by atoms with Crippen LogP contribution in [0.4, 0.5) is 5.13 Å². The van der Waals surface area contributed by atoms with E-state index in [-0.39, 0.29) is 0 Å². The fourth-order valence-corrected chi connectivity index (χ4v) is 3.64. The summed E-state index contributed by atoms with van der Waals surface area (Å²) in [6.07, 6.45) is 1.86. The summed E-state index contributed by atoms with van der Waals surface area (Å²) >= 11 is 7.15. The SMILES string of the molecule is C=c1[nH]n(-c2ccccc2)c(=S)c1=CNc1nc(-c2ccccc2)cs1. The number of H-pyrrole nitrogens is 1. The third-order valence-corrected chi connectivity index (χ3v) is 5.11. The van der Waals surface area contributed by atoms with Gasteiger partial charge >= 0.3 is 0 Å². The molecule has 0 unspecified atom stereocenters. The maximum Gasteiger partial charge on any atom is 0.187 e. The zero-order chi connectivity index (χ0) is 17.9. The molecule has 2 heterocycles. The number of hydrogen-bond donors (Lipinski definition) is 2. The topological polar surface area (TPSA) is 45.6 Å². The van der Waals surface area contributed by atoms with Gasteiger partial charge < -0.3 is 5.32 Å². The number of para-hydroxylation sites is 1. The van der Waals surface area contributed by atoms with Crippen LogP contribution in [0.25, 0.3) is 29.7 Å². The van der Waals surface area contributed by atoms with Crippen molar-refractivity contribution in [2.45, 2.75) is 0 Å². The molecule has 6 heteroatoms. The lowest BCUT2D eigenvalue weighted by molar-refractivity contribution is 0.857. The van der Waals surface area contributed by atoms with E-state index in [1.54, 1.807) is 11.3 Å². The van der Waals surface area contributed by atoms with Crippen LogP contribution in [0.15, 0.2) is 66.0 Å². The molecule has 2 aromatic carbocycles. The summed E-state index contributed by atoms with van der Waals surface area (Å²) in [6.45, 7) is 4.06. The minimum Gasteiger partial charge on any atom is -0.337 e. The average molecular weight is 377 g/mol. The molecule has 0 aliphatic heterocycles. The summed E-state index contributed by atoms with van der Waals surface area (Å²) in [7, 11) is 0. The molecular weight excluding hydrogens is 360 g/mol. The molecule has 4 rings (SSSR count). The number of aromatic nitrogens is 3. The predicted octanol–water partition coefficient (Wildman–Crippen LogP) is 3.92. The van der Waals surface area contributed by atoms with Gasteiger partial charge in [0.05, 0.1) is 21.9 Å². The second-order valence-corrected chi connectivity index (χ2v) is 6.92. The van der Waals surface area contributed by atoms with Crippen molar-refractivity contribution in [3.05, 3.63) is 81.3 Å². The highest BCUT2D eigenvalue weighted by molar-refractivity contribution is 7.71. The van der Waals surface area contributed by atoms with Crippen molar-refractivity contribution in [3.8, 4) is 16.9 Å². The van der Waals surface area contributed by atoms with Gasteiger partial charge in [0.15, 0.2) is 5.13 Å². The van der Waals surface area contributed by atoms with E-state index in [2.05, 4.69) is 22.0 Å². The number of aromatic amines is 1. The standard InChI is InChI=1S/C20H16N4S2/c1-14-17(19(25)24(23-14)16-10-6-3-7-11-16)12-21-20-22-18(13-26-20)15-8-4-2-5-9-15/h2-13,23H,1H2,(H,21,22). The van der Waals surface area contributed by atoms with Gasteiger partial charge in [-0.1, -0.05) is 67.3 Å². The molecule has 4 nitrogen and oxygen atoms in total. The number of rotatable bonds is 4. The maximum absolute atomic E-state index is 5.60. The number of nitrogens with one attached hydrogen (secondary N) is 2. The first-order valence-electron chi connectivity index (χ1n) is 8.05. The molecule has 0 aliphatic carbocycles. The van der Waals surface area contributed by atoms with Crippen LogP contribution < -0.4 is 15.9 Å². The van der Waals surface area contributed by atoms with Crippen molar-refractivity contribution in [1.82, 2.24) is 14.8 Å². The van der Waals surface area contributed by atoms with E-state index in [0.29, 0.717) is 4.64 Å². The molecule has 0 amide bonds. The predicted molar refractivity (Wildman–Crippen MR) is 111 cm³/mol. The third kappa shape index (κ3) is 3.24. The number of hydrogen-bond acceptors (Lipinski definition) is 4. The van der Waals surface area contributed by atoms with E-state index >= 15 is 0 Å². The van der Waals surface area contributed by atoms with Gasteiger partial charge in [0.1, 0.15) is 4.64 Å². The second kappa shape index (κ2) is 7.11. The first kappa shape index (κ1) is 16.5. The first-order chi connectivity index (χ1) is 12.7. The highest BCUT2D eigenvalue weighted by Crippen LogP contribution is 2.24. The normalized spacial score (nSPS) is 11.6. The van der Waals surface area contributed by atoms with Crippen LogP contribution in [0.3, 0.4) is 0 Å². The quantitative estimate of drug-likeness (QED) is 0.531. The Morgan fingerprint density at radius 3 is 2.50 bits per heavy atom. The molecule has 0 aliphatic rings. The Morgan fingerprint density at radius 1 is 1.08 bits per heavy atom. The Bertz CT molecular complexity index is 1190. The zero-order valence-electron chi connectivity index (χ0n) is 13.8. The zero-order valence-corrected chi connectivity index (χ0v) is 15.5. The van der Waals surface area contributed by atoms with Crippen molar-refractivity contribution >= 4 is 41.5 Å². The molecular formula is C20H16N4S2. The molecule has 26 heavy (non-hydrogen) atoms. The van der Waals surface area contributed by atoms with Gasteiger partial charge in [0.25, 0.3) is 0 Å². The molecule has 4 aromatic rings. The number of thiazole rings is 1. The summed E-state index contributed by atoms with van der Waals surface area (Å²) in [5.41, 5.74) is 3.03. The molecule has 0 saturated carbocycles. The van der Waals surface area contributed by atoms with Crippen molar-refractivity contribution in [1.29, 1.82) is 0 Å². The van der Waals surface area contributed by atoms with Crippen molar-refractivity contribution in [2.24, 2.45) is 0 Å². The van der Waals surface area contributed by atoms with Gasteiger partial charge in [-0.05, 0) is 12.1 Å². The molecule has 0 bridgehead atoms. The van der Waals surface area contributed by atoms with E-state index in [0.717, 1.165) is 32.6 Å². The summed E-state index contributed by atoms with van der Waals surface area (Å²) in [5.74, 6) is 0. The highest BCUT2D eigenvalue weighted by Gasteiger charge is 2.04. The molecule has 0 saturated heterocycles. The Morgan fingerprint density at radius 2 is 1.77 bits per heavy atom. The van der Waals surface area contributed by atoms with Gasteiger partial charge in [-0.15, -0.1) is 11.3 Å². The third-order valence-electron chi connectivity index (χ3n) is 3.93. The lowest BCUT2D eigenvalue weighted by atomic mass is 10.2. The van der Waals surface area contributed by atoms with Gasteiger partial charge in [-0.2, -0.15) is 0 Å². The molecule has 2 N–H and O–H groups in total. The van der Waals surface area contributed by atoms with Crippen LogP contribution in [0.1, 0.15) is 0 Å². The van der Waals surface area contributed by atoms with E-state index in [1.807, 2.05) is 76.9 Å². The van der Waals surface area contributed by atoms with Crippen molar-refractivity contribution in [3.63, 3.8) is 0 Å². The Labute approximate surface area is 159 Å². The minimum absolute atomic E-state index is 0.675. The van der Waals surface area contributed by atoms with Gasteiger partial charge in [-0.25, -0.2) is 9.67 Å². The van der Waals surface area contributed by atoms with E-state index in [1.165, 1.54) is 0 Å². The molecule has 128 valence electrons. The smallest absolute Gasteiger partial charge is 0.187 e. The van der Waals surface area contributed by atoms with Crippen molar-refractivity contribution in [2.75, 3.05) is 5.32 Å². The van der Waals surface area contributed by atoms with Gasteiger partial charge in [0, 0.05) is 17.1 Å². The summed E-state index contributed by atoms with van der Waals surface area (Å²) in [5, 5.41) is 10.9. The molecule has 0 radical (unpaired) electrons. The van der Waals surface area contributed by atoms with Crippen LogP contribution in [0.2, 0.25) is 0 Å². The van der Waals surface area contributed by atoms with Crippen LogP contribution in [-0.2, 0) is 0 Å². The maximum atomic E-state index is 5.60. The van der Waals surface area contributed by atoms with E-state index < -0.39 is 0 Å². The summed E-state index contributed by atoms with van der Waals surface area (Å²) in [6, 6.07) is 20.0. The first-order valence-corrected chi connectivity index (χ1v) is 9.34. The molecule has 2 aromatic heterocycles. The second-order valence-electron chi connectivity index (χ2n) is 5.67. The van der Waals surface area contributed by atoms with E-state index in [4.69, 9.17) is 12.2 Å². The van der Waals surface area contributed by atoms with Crippen molar-refractivity contribution < 1.29 is 0 Å². The summed E-state index contributed by atoms with van der Waals surface area (Å²) in [4.78, 5) is 4.62. The molecule has 0 atom stereocenters. The molecule has 0 spiro atoms. The van der Waals surface area contributed by atoms with Crippen LogP contribution in [0, 0.1) is 4.64 Å². The van der Waals surface area contributed by atoms with Gasteiger partial charge in [-0.3, -0.25) is 5.10 Å². The fourth-order valence-electron chi connectivity index (χ4n) is 2.62. The Kier molecular flexibility index (Phi) is 4.51. The Balaban J connectivity index is 1.64. The highest BCUT2D eigenvalue weighted by atomic mass is 32.1. The monoisotopic (exact) mass is 376 g/mol. The van der Waals surface area contributed by atoms with Crippen LogP contribution in [-0.4, -0.2) is 14.8 Å². The van der Waals surface area contributed by atoms with Gasteiger partial charge in [0.2, 0.25) is 0 Å². The van der Waals surface area contributed by atoms with Crippen LogP contribution in [0.5, 0.6) is 0 Å². The largest absolute Gasteiger partial charge is 0.337 e. The lowest BCUT2D eigenvalue weighted by Crippen LogP contribution is -2.22. The van der Waals surface area contributed by atoms with E-state index in [9.17, 15) is 0 Å². The average Bonchev–Trinajstić information content (AvgIpc) is 3.26. The Hall–Kier alpha value is -2.96. The minimum atomic E-state index is 0.675. The number of benzene rings is 2. The lowest BCUT2D eigenvalue weighted by Gasteiger charge is -2.00. The molecule has 0 fully saturated rings. The number of anilines is 1. The number of nitrogens with zero attached hydrogens (tertiary/aromatic N) is 2. The fraction of sp³-hybridized carbons (Fsp3) is 0. The summed E-state index contributed by atoms with van der Waals surface area (Å²) < 4.78 is 2.52. The van der Waals surface area contributed by atoms with Crippen LogP contribution >= 0.6 is 23.6 Å².